The van der Waals surface area contributed by atoms with Crippen molar-refractivity contribution < 1.29 is 14.6 Å². The van der Waals surface area contributed by atoms with E-state index >= 15 is 0 Å². The third kappa shape index (κ3) is 7.30. The maximum Gasteiger partial charge on any atom is 0.156 e. The number of unbranched alkanes of at least 4 members (excludes halogenated alkanes) is 1. The second-order valence-electron chi connectivity index (χ2n) is 3.80. The van der Waals surface area contributed by atoms with Crippen molar-refractivity contribution in [3.05, 3.63) is 0 Å². The van der Waals surface area contributed by atoms with Gasteiger partial charge in [0.05, 0.1) is 0 Å². The van der Waals surface area contributed by atoms with Crippen LogP contribution in [-0.4, -0.2) is 32.2 Å². The van der Waals surface area contributed by atoms with Crippen LogP contribution in [0.25, 0.3) is 0 Å². The number of aliphatic hydroxyl groups excluding tert-OH is 1. The molecule has 0 aliphatic carbocycles. The molecule has 0 amide bonds. The Bertz CT molecular complexity index is 113. The van der Waals surface area contributed by atoms with Crippen LogP contribution < -0.4 is 0 Å². The topological polar surface area (TPSA) is 38.7 Å². The van der Waals surface area contributed by atoms with E-state index in [1.54, 1.807) is 14.2 Å². The Morgan fingerprint density at radius 3 is 2.07 bits per heavy atom. The molecule has 0 spiro atoms. The van der Waals surface area contributed by atoms with E-state index < -0.39 is 0 Å². The molecule has 0 heterocycles. The number of ether oxygens (including phenoxy) is 2. The fourth-order valence-electron chi connectivity index (χ4n) is 1.50. The van der Waals surface area contributed by atoms with Gasteiger partial charge in [-0.05, 0) is 25.2 Å². The molecule has 86 valence electrons. The van der Waals surface area contributed by atoms with Crippen molar-refractivity contribution >= 4 is 0 Å². The molecular weight excluding hydrogens is 180 g/mol. The quantitative estimate of drug-likeness (QED) is 0.462. The van der Waals surface area contributed by atoms with Crippen LogP contribution in [0.1, 0.15) is 39.0 Å². The van der Waals surface area contributed by atoms with Crippen LogP contribution in [-0.2, 0) is 9.47 Å². The molecular formula is C11H24O3. The second kappa shape index (κ2) is 9.44. The minimum atomic E-state index is -0.0526. The third-order valence-electron chi connectivity index (χ3n) is 2.53. The SMILES string of the molecule is COC(CCCC[C@@H](C)CCO)OC. The Labute approximate surface area is 87.4 Å². The number of methoxy groups -OCH3 is 2. The van der Waals surface area contributed by atoms with Gasteiger partial charge in [0.25, 0.3) is 0 Å². The van der Waals surface area contributed by atoms with Crippen LogP contribution in [0.3, 0.4) is 0 Å². The summed E-state index contributed by atoms with van der Waals surface area (Å²) in [5.74, 6) is 0.628. The molecule has 0 unspecified atom stereocenters. The zero-order chi connectivity index (χ0) is 10.8. The minimum Gasteiger partial charge on any atom is -0.396 e. The molecule has 0 bridgehead atoms. The smallest absolute Gasteiger partial charge is 0.156 e. The first-order chi connectivity index (χ1) is 6.74. The Balaban J connectivity index is 3.27. The van der Waals surface area contributed by atoms with Gasteiger partial charge in [-0.2, -0.15) is 0 Å². The average Bonchev–Trinajstić information content (AvgIpc) is 2.19. The maximum atomic E-state index is 8.72. The van der Waals surface area contributed by atoms with Crippen LogP contribution in [0.15, 0.2) is 0 Å². The number of rotatable bonds is 9. The molecule has 0 aliphatic rings. The van der Waals surface area contributed by atoms with Gasteiger partial charge in [0.15, 0.2) is 6.29 Å². The summed E-state index contributed by atoms with van der Waals surface area (Å²) >= 11 is 0. The summed E-state index contributed by atoms with van der Waals surface area (Å²) in [5.41, 5.74) is 0. The van der Waals surface area contributed by atoms with Crippen molar-refractivity contribution in [3.63, 3.8) is 0 Å². The lowest BCUT2D eigenvalue weighted by molar-refractivity contribution is -0.107. The highest BCUT2D eigenvalue weighted by Gasteiger charge is 2.05. The minimum absolute atomic E-state index is 0.0526. The molecule has 1 N–H and O–H groups in total. The van der Waals surface area contributed by atoms with E-state index in [1.165, 1.54) is 12.8 Å². The van der Waals surface area contributed by atoms with E-state index in [9.17, 15) is 0 Å². The Morgan fingerprint density at radius 1 is 1.00 bits per heavy atom. The molecule has 0 rings (SSSR count). The number of hydrogen-bond acceptors (Lipinski definition) is 3. The highest BCUT2D eigenvalue weighted by molar-refractivity contribution is 4.54. The van der Waals surface area contributed by atoms with E-state index in [1.807, 2.05) is 0 Å². The molecule has 0 radical (unpaired) electrons. The first kappa shape index (κ1) is 13.9. The normalized spacial score (nSPS) is 13.5. The van der Waals surface area contributed by atoms with E-state index in [0.717, 1.165) is 19.3 Å². The lowest BCUT2D eigenvalue weighted by Crippen LogP contribution is -2.12. The fourth-order valence-corrected chi connectivity index (χ4v) is 1.50. The molecule has 3 nitrogen and oxygen atoms in total. The van der Waals surface area contributed by atoms with Gasteiger partial charge in [0.1, 0.15) is 0 Å². The lowest BCUT2D eigenvalue weighted by Gasteiger charge is -2.13. The van der Waals surface area contributed by atoms with Crippen molar-refractivity contribution in [3.8, 4) is 0 Å². The predicted octanol–water partition coefficient (Wildman–Crippen LogP) is 2.18. The van der Waals surface area contributed by atoms with E-state index in [2.05, 4.69) is 6.92 Å². The summed E-state index contributed by atoms with van der Waals surface area (Å²) in [7, 11) is 3.34. The monoisotopic (exact) mass is 204 g/mol. The van der Waals surface area contributed by atoms with Gasteiger partial charge in [0.2, 0.25) is 0 Å². The molecule has 0 aromatic carbocycles. The van der Waals surface area contributed by atoms with E-state index in [-0.39, 0.29) is 6.29 Å². The van der Waals surface area contributed by atoms with Crippen LogP contribution >= 0.6 is 0 Å². The summed E-state index contributed by atoms with van der Waals surface area (Å²) in [4.78, 5) is 0. The van der Waals surface area contributed by atoms with Gasteiger partial charge in [-0.25, -0.2) is 0 Å². The summed E-state index contributed by atoms with van der Waals surface area (Å²) in [6.07, 6.45) is 5.31. The maximum absolute atomic E-state index is 8.72. The summed E-state index contributed by atoms with van der Waals surface area (Å²) in [5, 5.41) is 8.72. The van der Waals surface area contributed by atoms with Gasteiger partial charge in [-0.1, -0.05) is 19.8 Å². The molecule has 14 heavy (non-hydrogen) atoms. The molecule has 3 heteroatoms. The molecule has 0 saturated heterocycles. The molecule has 0 aromatic heterocycles. The molecule has 0 saturated carbocycles. The van der Waals surface area contributed by atoms with Crippen LogP contribution in [0, 0.1) is 5.92 Å². The zero-order valence-electron chi connectivity index (χ0n) is 9.66. The largest absolute Gasteiger partial charge is 0.396 e. The first-order valence-electron chi connectivity index (χ1n) is 5.41. The standard InChI is InChI=1S/C11H24O3/c1-10(8-9-12)6-4-5-7-11(13-2)14-3/h10-12H,4-9H2,1-3H3/t10-/m1/s1. The molecule has 1 atom stereocenters. The Kier molecular flexibility index (Phi) is 9.35. The van der Waals surface area contributed by atoms with Gasteiger partial charge in [0, 0.05) is 20.8 Å². The van der Waals surface area contributed by atoms with Crippen LogP contribution in [0.5, 0.6) is 0 Å². The average molecular weight is 204 g/mol. The van der Waals surface area contributed by atoms with E-state index in [4.69, 9.17) is 14.6 Å². The van der Waals surface area contributed by atoms with Gasteiger partial charge in [-0.3, -0.25) is 0 Å². The van der Waals surface area contributed by atoms with Crippen molar-refractivity contribution in [2.24, 2.45) is 5.92 Å². The summed E-state index contributed by atoms with van der Waals surface area (Å²) in [6.45, 7) is 2.49. The first-order valence-corrected chi connectivity index (χ1v) is 5.41. The highest BCUT2D eigenvalue weighted by atomic mass is 16.7. The van der Waals surface area contributed by atoms with Crippen LogP contribution in [0.2, 0.25) is 0 Å². The van der Waals surface area contributed by atoms with Gasteiger partial charge in [-0.15, -0.1) is 0 Å². The predicted molar refractivity (Wildman–Crippen MR) is 57.1 cm³/mol. The second-order valence-corrected chi connectivity index (χ2v) is 3.80. The van der Waals surface area contributed by atoms with Crippen molar-refractivity contribution in [2.75, 3.05) is 20.8 Å². The lowest BCUT2D eigenvalue weighted by atomic mass is 10.0. The summed E-state index contributed by atoms with van der Waals surface area (Å²) < 4.78 is 10.2. The fraction of sp³-hybridized carbons (Fsp3) is 1.00. The molecule has 0 fully saturated rings. The van der Waals surface area contributed by atoms with Crippen molar-refractivity contribution in [2.45, 2.75) is 45.3 Å². The Morgan fingerprint density at radius 2 is 1.57 bits per heavy atom. The van der Waals surface area contributed by atoms with Crippen molar-refractivity contribution in [1.29, 1.82) is 0 Å². The third-order valence-corrected chi connectivity index (χ3v) is 2.53. The zero-order valence-corrected chi connectivity index (χ0v) is 9.66. The van der Waals surface area contributed by atoms with E-state index in [0.29, 0.717) is 12.5 Å². The van der Waals surface area contributed by atoms with Gasteiger partial charge >= 0.3 is 0 Å². The highest BCUT2D eigenvalue weighted by Crippen LogP contribution is 2.14. The van der Waals surface area contributed by atoms with Crippen LogP contribution in [0.4, 0.5) is 0 Å². The summed E-state index contributed by atoms with van der Waals surface area (Å²) in [6, 6.07) is 0. The number of hydrogen-bond donors (Lipinski definition) is 1. The van der Waals surface area contributed by atoms with Gasteiger partial charge < -0.3 is 14.6 Å². The van der Waals surface area contributed by atoms with Crippen molar-refractivity contribution in [1.82, 2.24) is 0 Å². The Hall–Kier alpha value is -0.120. The molecule has 0 aliphatic heterocycles. The molecule has 0 aromatic rings. The number of aliphatic hydroxyl groups is 1.